The molecule has 1 rings (SSSR count). The largest absolute Gasteiger partial charge is 0.384 e. The van der Waals surface area contributed by atoms with Gasteiger partial charge in [-0.25, -0.2) is 4.39 Å². The fourth-order valence-electron chi connectivity index (χ4n) is 1.64. The number of benzene rings is 1. The van der Waals surface area contributed by atoms with E-state index in [1.807, 2.05) is 0 Å². The van der Waals surface area contributed by atoms with Crippen molar-refractivity contribution in [2.75, 3.05) is 18.6 Å². The summed E-state index contributed by atoms with van der Waals surface area (Å²) >= 11 is 0. The minimum Gasteiger partial charge on any atom is -0.384 e. The summed E-state index contributed by atoms with van der Waals surface area (Å²) in [6.07, 6.45) is 2.16. The summed E-state index contributed by atoms with van der Waals surface area (Å²) in [4.78, 5) is 11.9. The summed E-state index contributed by atoms with van der Waals surface area (Å²) in [5.41, 5.74) is 0.335. The zero-order valence-corrected chi connectivity index (χ0v) is 12.8. The van der Waals surface area contributed by atoms with Crippen molar-refractivity contribution in [2.45, 2.75) is 19.4 Å². The number of hydrogen-bond acceptors (Lipinski definition) is 3. The van der Waals surface area contributed by atoms with Crippen LogP contribution in [0, 0.1) is 17.7 Å². The second-order valence-corrected chi connectivity index (χ2v) is 6.15. The van der Waals surface area contributed by atoms with Crippen molar-refractivity contribution in [1.82, 2.24) is 5.32 Å². The van der Waals surface area contributed by atoms with Gasteiger partial charge in [-0.15, -0.1) is 0 Å². The van der Waals surface area contributed by atoms with Crippen molar-refractivity contribution in [1.29, 1.82) is 0 Å². The number of aliphatic hydroxyl groups is 1. The topological polar surface area (TPSA) is 66.4 Å². The van der Waals surface area contributed by atoms with Gasteiger partial charge in [-0.1, -0.05) is 11.8 Å². The van der Waals surface area contributed by atoms with Crippen molar-refractivity contribution < 1.29 is 18.5 Å². The van der Waals surface area contributed by atoms with Crippen LogP contribution in [0.2, 0.25) is 0 Å². The molecule has 1 amide bonds. The zero-order chi connectivity index (χ0) is 15.8. The Balaban J connectivity index is 2.72. The molecule has 0 radical (unpaired) electrons. The van der Waals surface area contributed by atoms with Crippen molar-refractivity contribution in [3.8, 4) is 11.8 Å². The average Bonchev–Trinajstić information content (AvgIpc) is 2.42. The maximum absolute atomic E-state index is 13.9. The Hall–Kier alpha value is -1.71. The number of nitrogens with one attached hydrogen (secondary N) is 1. The van der Waals surface area contributed by atoms with Gasteiger partial charge in [-0.2, -0.15) is 0 Å². The molecule has 0 aliphatic rings. The van der Waals surface area contributed by atoms with Crippen molar-refractivity contribution >= 4 is 16.7 Å². The first-order chi connectivity index (χ1) is 9.93. The molecule has 1 aromatic rings. The van der Waals surface area contributed by atoms with Crippen LogP contribution in [0.5, 0.6) is 0 Å². The van der Waals surface area contributed by atoms with Gasteiger partial charge >= 0.3 is 0 Å². The molecule has 0 saturated heterocycles. The normalized spacial score (nSPS) is 13.0. The highest BCUT2D eigenvalue weighted by Crippen LogP contribution is 2.10. The molecule has 0 bridgehead atoms. The van der Waals surface area contributed by atoms with E-state index in [4.69, 9.17) is 5.11 Å². The van der Waals surface area contributed by atoms with Gasteiger partial charge in [0.05, 0.1) is 5.56 Å². The molecule has 0 aliphatic heterocycles. The summed E-state index contributed by atoms with van der Waals surface area (Å²) in [5, 5.41) is 11.2. The molecule has 0 spiro atoms. The van der Waals surface area contributed by atoms with Gasteiger partial charge in [0.1, 0.15) is 12.4 Å². The van der Waals surface area contributed by atoms with E-state index in [1.165, 1.54) is 12.1 Å². The molecule has 0 aliphatic carbocycles. The number of halogens is 1. The summed E-state index contributed by atoms with van der Waals surface area (Å²) < 4.78 is 24.8. The SMILES string of the molecule is CC(CCS(C)=O)NC(=O)c1ccc(C#CCO)cc1F. The quantitative estimate of drug-likeness (QED) is 0.799. The Morgan fingerprint density at radius 3 is 2.81 bits per heavy atom. The minimum atomic E-state index is -0.917. The molecule has 21 heavy (non-hydrogen) atoms. The summed E-state index contributed by atoms with van der Waals surface area (Å²) in [6.45, 7) is 1.48. The highest BCUT2D eigenvalue weighted by atomic mass is 32.2. The monoisotopic (exact) mass is 311 g/mol. The average molecular weight is 311 g/mol. The number of carbonyl (C=O) groups is 1. The van der Waals surface area contributed by atoms with Crippen molar-refractivity contribution in [2.24, 2.45) is 0 Å². The molecule has 2 N–H and O–H groups in total. The first-order valence-electron chi connectivity index (χ1n) is 6.44. The van der Waals surface area contributed by atoms with Crippen LogP contribution in [0.3, 0.4) is 0 Å². The zero-order valence-electron chi connectivity index (χ0n) is 12.0. The van der Waals surface area contributed by atoms with Gasteiger partial charge in [0.25, 0.3) is 5.91 Å². The second kappa shape index (κ2) is 8.55. The smallest absolute Gasteiger partial charge is 0.254 e. The third kappa shape index (κ3) is 6.06. The Kier molecular flexibility index (Phi) is 7.06. The number of rotatable bonds is 5. The lowest BCUT2D eigenvalue weighted by atomic mass is 10.1. The lowest BCUT2D eigenvalue weighted by Gasteiger charge is -2.13. The van der Waals surface area contributed by atoms with Gasteiger partial charge < -0.3 is 10.4 Å². The molecule has 114 valence electrons. The maximum Gasteiger partial charge on any atom is 0.254 e. The fraction of sp³-hybridized carbons (Fsp3) is 0.400. The van der Waals surface area contributed by atoms with Crippen molar-refractivity contribution in [3.63, 3.8) is 0 Å². The molecule has 4 nitrogen and oxygen atoms in total. The minimum absolute atomic E-state index is 0.0611. The van der Waals surface area contributed by atoms with Gasteiger partial charge in [0.15, 0.2) is 0 Å². The van der Waals surface area contributed by atoms with Crippen LogP contribution >= 0.6 is 0 Å². The summed E-state index contributed by atoms with van der Waals surface area (Å²) in [7, 11) is -0.917. The number of amides is 1. The van der Waals surface area contributed by atoms with Gasteiger partial charge in [0.2, 0.25) is 0 Å². The van der Waals surface area contributed by atoms with E-state index in [1.54, 1.807) is 13.2 Å². The van der Waals surface area contributed by atoms with E-state index >= 15 is 0 Å². The first kappa shape index (κ1) is 17.3. The van der Waals surface area contributed by atoms with E-state index in [0.717, 1.165) is 6.07 Å². The molecular weight excluding hydrogens is 293 g/mol. The lowest BCUT2D eigenvalue weighted by Crippen LogP contribution is -2.34. The number of carbonyl (C=O) groups excluding carboxylic acids is 1. The first-order valence-corrected chi connectivity index (χ1v) is 8.17. The van der Waals surface area contributed by atoms with Crippen LogP contribution in [-0.2, 0) is 10.8 Å². The van der Waals surface area contributed by atoms with Crippen LogP contribution in [0.4, 0.5) is 4.39 Å². The van der Waals surface area contributed by atoms with Crippen LogP contribution in [0.15, 0.2) is 18.2 Å². The molecule has 0 aromatic heterocycles. The van der Waals surface area contributed by atoms with Crippen LogP contribution in [0.25, 0.3) is 0 Å². The molecule has 0 heterocycles. The second-order valence-electron chi connectivity index (χ2n) is 4.60. The predicted octanol–water partition coefficient (Wildman–Crippen LogP) is 1.06. The fourth-order valence-corrected chi connectivity index (χ4v) is 2.32. The maximum atomic E-state index is 13.9. The molecule has 1 aromatic carbocycles. The highest BCUT2D eigenvalue weighted by molar-refractivity contribution is 7.84. The van der Waals surface area contributed by atoms with E-state index in [0.29, 0.717) is 17.7 Å². The Bertz CT molecular complexity index is 592. The molecule has 2 atom stereocenters. The van der Waals surface area contributed by atoms with E-state index in [9.17, 15) is 13.4 Å². The Morgan fingerprint density at radius 1 is 1.52 bits per heavy atom. The van der Waals surface area contributed by atoms with Crippen molar-refractivity contribution in [3.05, 3.63) is 35.1 Å². The van der Waals surface area contributed by atoms with Crippen LogP contribution in [-0.4, -0.2) is 39.9 Å². The predicted molar refractivity (Wildman–Crippen MR) is 80.8 cm³/mol. The van der Waals surface area contributed by atoms with E-state index in [-0.39, 0.29) is 18.2 Å². The van der Waals surface area contributed by atoms with Gasteiger partial charge in [0, 0.05) is 34.4 Å². The third-order valence-corrected chi connectivity index (χ3v) is 3.55. The lowest BCUT2D eigenvalue weighted by molar-refractivity contribution is 0.0935. The molecule has 6 heteroatoms. The molecule has 2 unspecified atom stereocenters. The summed E-state index contributed by atoms with van der Waals surface area (Å²) in [6, 6.07) is 3.85. The van der Waals surface area contributed by atoms with E-state index < -0.39 is 22.5 Å². The van der Waals surface area contributed by atoms with Crippen LogP contribution in [0.1, 0.15) is 29.3 Å². The Morgan fingerprint density at radius 2 is 2.24 bits per heavy atom. The molecule has 0 fully saturated rings. The third-order valence-electron chi connectivity index (χ3n) is 2.74. The number of aliphatic hydroxyl groups excluding tert-OH is 1. The molecular formula is C15H18FNO3S. The molecule has 0 saturated carbocycles. The standard InChI is InChI=1S/C15H18FNO3S/c1-11(7-9-21(2)20)17-15(19)13-6-5-12(4-3-8-18)10-14(13)16/h5-6,10-11,18H,7-9H2,1-2H3,(H,17,19). The van der Waals surface area contributed by atoms with Crippen LogP contribution < -0.4 is 5.32 Å². The highest BCUT2D eigenvalue weighted by Gasteiger charge is 2.14. The Labute approximate surface area is 126 Å². The van der Waals surface area contributed by atoms with Gasteiger partial charge in [-0.05, 0) is 31.5 Å². The summed E-state index contributed by atoms with van der Waals surface area (Å²) in [5.74, 6) is 4.29. The van der Waals surface area contributed by atoms with E-state index in [2.05, 4.69) is 17.2 Å². The number of hydrogen-bond donors (Lipinski definition) is 2. The van der Waals surface area contributed by atoms with Gasteiger partial charge in [-0.3, -0.25) is 9.00 Å².